The van der Waals surface area contributed by atoms with Crippen molar-refractivity contribution in [3.05, 3.63) is 0 Å². The molecule has 3 heteroatoms. The molecular formula is C8H19ClN2. The third-order valence-corrected chi connectivity index (χ3v) is 2.34. The Bertz CT molecular complexity index is 98.1. The molecule has 1 aliphatic rings. The highest BCUT2D eigenvalue weighted by atomic mass is 35.5. The van der Waals surface area contributed by atoms with Gasteiger partial charge in [0.1, 0.15) is 0 Å². The number of nitrogens with two attached hydrogens (primary N) is 1. The quantitative estimate of drug-likeness (QED) is 0.705. The lowest BCUT2D eigenvalue weighted by Gasteiger charge is -2.19. The van der Waals surface area contributed by atoms with Gasteiger partial charge in [-0.05, 0) is 45.8 Å². The van der Waals surface area contributed by atoms with E-state index in [4.69, 9.17) is 5.73 Å². The summed E-state index contributed by atoms with van der Waals surface area (Å²) in [5.74, 6) is 0. The molecule has 0 aromatic carbocycles. The van der Waals surface area contributed by atoms with Crippen molar-refractivity contribution in [2.45, 2.75) is 32.2 Å². The molecule has 11 heavy (non-hydrogen) atoms. The minimum atomic E-state index is 0. The molecule has 1 saturated heterocycles. The maximum absolute atomic E-state index is 5.43. The maximum Gasteiger partial charge on any atom is 0.00674 e. The van der Waals surface area contributed by atoms with Crippen molar-refractivity contribution in [3.63, 3.8) is 0 Å². The first-order valence-electron chi connectivity index (χ1n) is 4.28. The van der Waals surface area contributed by atoms with Crippen LogP contribution in [0.25, 0.3) is 0 Å². The third kappa shape index (κ3) is 3.41. The Labute approximate surface area is 75.5 Å². The van der Waals surface area contributed by atoms with Gasteiger partial charge < -0.3 is 10.6 Å². The predicted octanol–water partition coefficient (Wildman–Crippen LogP) is 1.24. The Morgan fingerprint density at radius 2 is 2.27 bits per heavy atom. The molecule has 0 amide bonds. The van der Waals surface area contributed by atoms with Crippen LogP contribution in [0.2, 0.25) is 0 Å². The van der Waals surface area contributed by atoms with Gasteiger partial charge in [0.25, 0.3) is 0 Å². The van der Waals surface area contributed by atoms with E-state index < -0.39 is 0 Å². The van der Waals surface area contributed by atoms with Crippen molar-refractivity contribution < 1.29 is 0 Å². The summed E-state index contributed by atoms with van der Waals surface area (Å²) in [4.78, 5) is 2.53. The van der Waals surface area contributed by atoms with E-state index in [0.29, 0.717) is 0 Å². The standard InChI is InChI=1S/C8H18N2.ClH/c1-8-4-2-6-10(8)7-3-5-9;/h8H,2-7,9H2,1H3;1H/t8-;/m1./s1. The van der Waals surface area contributed by atoms with E-state index >= 15 is 0 Å². The summed E-state index contributed by atoms with van der Waals surface area (Å²) >= 11 is 0. The summed E-state index contributed by atoms with van der Waals surface area (Å²) in [5, 5.41) is 0. The first-order chi connectivity index (χ1) is 4.84. The second kappa shape index (κ2) is 5.81. The predicted molar refractivity (Wildman–Crippen MR) is 51.2 cm³/mol. The van der Waals surface area contributed by atoms with Crippen molar-refractivity contribution >= 4 is 12.4 Å². The van der Waals surface area contributed by atoms with E-state index in [0.717, 1.165) is 19.0 Å². The average molecular weight is 179 g/mol. The van der Waals surface area contributed by atoms with E-state index in [1.165, 1.54) is 25.9 Å². The van der Waals surface area contributed by atoms with E-state index in [9.17, 15) is 0 Å². The third-order valence-electron chi connectivity index (χ3n) is 2.34. The maximum atomic E-state index is 5.43. The molecule has 0 aliphatic carbocycles. The van der Waals surface area contributed by atoms with Crippen LogP contribution < -0.4 is 5.73 Å². The molecule has 1 atom stereocenters. The molecule has 1 aliphatic heterocycles. The zero-order chi connectivity index (χ0) is 7.40. The Kier molecular flexibility index (Phi) is 5.92. The van der Waals surface area contributed by atoms with E-state index in [1.807, 2.05) is 0 Å². The van der Waals surface area contributed by atoms with Crippen molar-refractivity contribution in [2.24, 2.45) is 5.73 Å². The Balaban J connectivity index is 0.000001000. The molecule has 0 aromatic rings. The van der Waals surface area contributed by atoms with Gasteiger partial charge in [-0.1, -0.05) is 0 Å². The lowest BCUT2D eigenvalue weighted by molar-refractivity contribution is 0.267. The molecule has 0 unspecified atom stereocenters. The molecule has 0 saturated carbocycles. The molecule has 68 valence electrons. The number of nitrogens with zero attached hydrogens (tertiary/aromatic N) is 1. The highest BCUT2D eigenvalue weighted by Gasteiger charge is 2.18. The summed E-state index contributed by atoms with van der Waals surface area (Å²) in [7, 11) is 0. The molecular weight excluding hydrogens is 160 g/mol. The smallest absolute Gasteiger partial charge is 0.00674 e. The molecule has 0 aromatic heterocycles. The number of hydrogen-bond donors (Lipinski definition) is 1. The normalized spacial score (nSPS) is 25.1. The summed E-state index contributed by atoms with van der Waals surface area (Å²) in [6.45, 7) is 5.64. The van der Waals surface area contributed by atoms with Gasteiger partial charge in [-0.25, -0.2) is 0 Å². The van der Waals surface area contributed by atoms with Crippen molar-refractivity contribution in [2.75, 3.05) is 19.6 Å². The molecule has 0 radical (unpaired) electrons. The van der Waals surface area contributed by atoms with E-state index in [1.54, 1.807) is 0 Å². The minimum absolute atomic E-state index is 0. The lowest BCUT2D eigenvalue weighted by atomic mass is 10.2. The van der Waals surface area contributed by atoms with Gasteiger partial charge in [-0.3, -0.25) is 0 Å². The highest BCUT2D eigenvalue weighted by molar-refractivity contribution is 5.85. The molecule has 1 fully saturated rings. The SMILES string of the molecule is C[C@@H]1CCCN1CCCN.Cl. The van der Waals surface area contributed by atoms with Gasteiger partial charge in [-0.2, -0.15) is 0 Å². The summed E-state index contributed by atoms with van der Waals surface area (Å²) in [5.41, 5.74) is 5.43. The van der Waals surface area contributed by atoms with Crippen LogP contribution in [0.4, 0.5) is 0 Å². The van der Waals surface area contributed by atoms with E-state index in [-0.39, 0.29) is 12.4 Å². The average Bonchev–Trinajstić information content (AvgIpc) is 2.31. The summed E-state index contributed by atoms with van der Waals surface area (Å²) in [6, 6.07) is 0.812. The lowest BCUT2D eigenvalue weighted by Crippen LogP contribution is -2.29. The first kappa shape index (κ1) is 11.2. The molecule has 1 rings (SSSR count). The van der Waals surface area contributed by atoms with Crippen LogP contribution >= 0.6 is 12.4 Å². The molecule has 2 nitrogen and oxygen atoms in total. The van der Waals surface area contributed by atoms with Crippen molar-refractivity contribution in [3.8, 4) is 0 Å². The second-order valence-corrected chi connectivity index (χ2v) is 3.17. The number of likely N-dealkylation sites (tertiary alicyclic amines) is 1. The van der Waals surface area contributed by atoms with Crippen molar-refractivity contribution in [1.29, 1.82) is 0 Å². The minimum Gasteiger partial charge on any atom is -0.330 e. The van der Waals surface area contributed by atoms with Crippen LogP contribution in [0.3, 0.4) is 0 Å². The largest absolute Gasteiger partial charge is 0.330 e. The molecule has 0 bridgehead atoms. The fraction of sp³-hybridized carbons (Fsp3) is 1.00. The topological polar surface area (TPSA) is 29.3 Å². The number of hydrogen-bond acceptors (Lipinski definition) is 2. The zero-order valence-electron chi connectivity index (χ0n) is 7.25. The first-order valence-corrected chi connectivity index (χ1v) is 4.28. The monoisotopic (exact) mass is 178 g/mol. The van der Waals surface area contributed by atoms with Crippen LogP contribution in [0.15, 0.2) is 0 Å². The van der Waals surface area contributed by atoms with Gasteiger partial charge in [0.05, 0.1) is 0 Å². The van der Waals surface area contributed by atoms with Gasteiger partial charge in [0, 0.05) is 6.04 Å². The Hall–Kier alpha value is 0.210. The number of halogens is 1. The Morgan fingerprint density at radius 1 is 1.55 bits per heavy atom. The molecule has 0 spiro atoms. The summed E-state index contributed by atoms with van der Waals surface area (Å²) in [6.07, 6.45) is 3.92. The second-order valence-electron chi connectivity index (χ2n) is 3.17. The van der Waals surface area contributed by atoms with Gasteiger partial charge in [0.2, 0.25) is 0 Å². The van der Waals surface area contributed by atoms with Crippen LogP contribution in [0.5, 0.6) is 0 Å². The fourth-order valence-corrected chi connectivity index (χ4v) is 1.62. The van der Waals surface area contributed by atoms with Gasteiger partial charge in [0.15, 0.2) is 0 Å². The van der Waals surface area contributed by atoms with Crippen LogP contribution in [-0.4, -0.2) is 30.6 Å². The highest BCUT2D eigenvalue weighted by Crippen LogP contribution is 2.15. The number of rotatable bonds is 3. The van der Waals surface area contributed by atoms with Crippen molar-refractivity contribution in [1.82, 2.24) is 4.90 Å². The van der Waals surface area contributed by atoms with Crippen LogP contribution in [-0.2, 0) is 0 Å². The summed E-state index contributed by atoms with van der Waals surface area (Å²) < 4.78 is 0. The Morgan fingerprint density at radius 3 is 2.73 bits per heavy atom. The zero-order valence-corrected chi connectivity index (χ0v) is 8.07. The van der Waals surface area contributed by atoms with Crippen LogP contribution in [0.1, 0.15) is 26.2 Å². The van der Waals surface area contributed by atoms with Gasteiger partial charge >= 0.3 is 0 Å². The molecule has 1 heterocycles. The molecule has 2 N–H and O–H groups in total. The van der Waals surface area contributed by atoms with Crippen LogP contribution in [0, 0.1) is 0 Å². The fourth-order valence-electron chi connectivity index (χ4n) is 1.62. The van der Waals surface area contributed by atoms with E-state index in [2.05, 4.69) is 11.8 Å². The van der Waals surface area contributed by atoms with Gasteiger partial charge in [-0.15, -0.1) is 12.4 Å².